The van der Waals surface area contributed by atoms with Crippen LogP contribution in [0.1, 0.15) is 53.1 Å². The van der Waals surface area contributed by atoms with Gasteiger partial charge in [0, 0.05) is 16.9 Å². The van der Waals surface area contributed by atoms with Crippen LogP contribution < -0.4 is 16.6 Å². The standard InChI is InChI=1S/C14H20N6S/c1-7-13(21-9(3)16-7)8(2)17-11-6-12(20-15)19-14(18-11)10-4-5-10/h6,8,10H,4-5,15H2,1-3H3,(H2,17,18,19,20). The molecular weight excluding hydrogens is 284 g/mol. The van der Waals surface area contributed by atoms with Gasteiger partial charge in [0.25, 0.3) is 0 Å². The average molecular weight is 304 g/mol. The van der Waals surface area contributed by atoms with E-state index in [4.69, 9.17) is 5.84 Å². The van der Waals surface area contributed by atoms with Crippen LogP contribution in [0, 0.1) is 13.8 Å². The Morgan fingerprint density at radius 3 is 2.52 bits per heavy atom. The van der Waals surface area contributed by atoms with Crippen LogP contribution in [-0.4, -0.2) is 15.0 Å². The molecule has 1 atom stereocenters. The van der Waals surface area contributed by atoms with Crippen molar-refractivity contribution in [3.63, 3.8) is 0 Å². The number of rotatable bonds is 5. The van der Waals surface area contributed by atoms with Gasteiger partial charge in [0.2, 0.25) is 0 Å². The van der Waals surface area contributed by atoms with Gasteiger partial charge in [-0.2, -0.15) is 0 Å². The van der Waals surface area contributed by atoms with Crippen LogP contribution in [0.25, 0.3) is 0 Å². The highest BCUT2D eigenvalue weighted by Gasteiger charge is 2.27. The highest BCUT2D eigenvalue weighted by atomic mass is 32.1. The Bertz CT molecular complexity index is 649. The molecule has 3 rings (SSSR count). The molecule has 1 fully saturated rings. The lowest BCUT2D eigenvalue weighted by Gasteiger charge is -2.15. The summed E-state index contributed by atoms with van der Waals surface area (Å²) in [5.74, 6) is 8.32. The van der Waals surface area contributed by atoms with Crippen molar-refractivity contribution in [2.24, 2.45) is 5.84 Å². The van der Waals surface area contributed by atoms with E-state index >= 15 is 0 Å². The van der Waals surface area contributed by atoms with E-state index in [1.165, 1.54) is 4.88 Å². The normalized spacial score (nSPS) is 15.8. The van der Waals surface area contributed by atoms with Crippen molar-refractivity contribution in [1.29, 1.82) is 0 Å². The van der Waals surface area contributed by atoms with E-state index in [0.29, 0.717) is 11.7 Å². The average Bonchev–Trinajstić information content (AvgIpc) is 3.23. The Labute approximate surface area is 128 Å². The summed E-state index contributed by atoms with van der Waals surface area (Å²) >= 11 is 1.72. The lowest BCUT2D eigenvalue weighted by molar-refractivity contribution is 0.858. The van der Waals surface area contributed by atoms with E-state index in [2.05, 4.69) is 32.6 Å². The molecule has 21 heavy (non-hydrogen) atoms. The fraction of sp³-hybridized carbons (Fsp3) is 0.500. The number of nitrogen functional groups attached to an aromatic ring is 1. The molecule has 0 amide bonds. The minimum atomic E-state index is 0.156. The number of anilines is 2. The smallest absolute Gasteiger partial charge is 0.145 e. The van der Waals surface area contributed by atoms with Crippen LogP contribution in [0.2, 0.25) is 0 Å². The van der Waals surface area contributed by atoms with Crippen molar-refractivity contribution < 1.29 is 0 Å². The number of thiazole rings is 1. The molecule has 7 heteroatoms. The summed E-state index contributed by atoms with van der Waals surface area (Å²) in [4.78, 5) is 14.7. The molecule has 2 aromatic rings. The molecule has 0 aromatic carbocycles. The fourth-order valence-corrected chi connectivity index (χ4v) is 3.30. The Hall–Kier alpha value is -1.73. The second-order valence-electron chi connectivity index (χ2n) is 5.46. The van der Waals surface area contributed by atoms with Crippen molar-refractivity contribution in [3.05, 3.63) is 27.5 Å². The molecule has 1 unspecified atom stereocenters. The molecule has 1 aliphatic carbocycles. The molecule has 0 aliphatic heterocycles. The summed E-state index contributed by atoms with van der Waals surface area (Å²) in [6.45, 7) is 6.19. The number of aryl methyl sites for hydroxylation is 2. The van der Waals surface area contributed by atoms with Crippen LogP contribution in [0.3, 0.4) is 0 Å². The minimum absolute atomic E-state index is 0.156. The van der Waals surface area contributed by atoms with Gasteiger partial charge < -0.3 is 10.7 Å². The lowest BCUT2D eigenvalue weighted by Crippen LogP contribution is -2.13. The summed E-state index contributed by atoms with van der Waals surface area (Å²) in [6.07, 6.45) is 2.33. The Morgan fingerprint density at radius 1 is 1.24 bits per heavy atom. The lowest BCUT2D eigenvalue weighted by atomic mass is 10.2. The van der Waals surface area contributed by atoms with Crippen molar-refractivity contribution >= 4 is 23.0 Å². The quantitative estimate of drug-likeness (QED) is 0.581. The molecule has 2 heterocycles. The molecule has 0 radical (unpaired) electrons. The zero-order valence-corrected chi connectivity index (χ0v) is 13.3. The van der Waals surface area contributed by atoms with E-state index < -0.39 is 0 Å². The molecule has 1 saturated carbocycles. The first-order valence-corrected chi connectivity index (χ1v) is 7.94. The van der Waals surface area contributed by atoms with Crippen LogP contribution in [-0.2, 0) is 0 Å². The Morgan fingerprint density at radius 2 is 1.95 bits per heavy atom. The molecular formula is C14H20N6S. The monoisotopic (exact) mass is 304 g/mol. The third-order valence-corrected chi connectivity index (χ3v) is 4.79. The van der Waals surface area contributed by atoms with Crippen LogP contribution >= 0.6 is 11.3 Å². The zero-order chi connectivity index (χ0) is 15.0. The molecule has 112 valence electrons. The van der Waals surface area contributed by atoms with Crippen molar-refractivity contribution in [1.82, 2.24) is 15.0 Å². The van der Waals surface area contributed by atoms with Gasteiger partial charge in [-0.25, -0.2) is 20.8 Å². The first-order chi connectivity index (χ1) is 10.1. The SMILES string of the molecule is Cc1nc(C)c(C(C)Nc2cc(NN)nc(C3CC3)n2)s1. The van der Waals surface area contributed by atoms with Gasteiger partial charge in [-0.3, -0.25) is 0 Å². The zero-order valence-electron chi connectivity index (χ0n) is 12.5. The van der Waals surface area contributed by atoms with Gasteiger partial charge in [0.05, 0.1) is 16.7 Å². The van der Waals surface area contributed by atoms with Gasteiger partial charge in [-0.05, 0) is 33.6 Å². The molecule has 6 nitrogen and oxygen atoms in total. The predicted molar refractivity (Wildman–Crippen MR) is 85.4 cm³/mol. The summed E-state index contributed by atoms with van der Waals surface area (Å²) < 4.78 is 0. The van der Waals surface area contributed by atoms with Crippen LogP contribution in [0.4, 0.5) is 11.6 Å². The summed E-state index contributed by atoms with van der Waals surface area (Å²) in [7, 11) is 0. The molecule has 1 aliphatic rings. The largest absolute Gasteiger partial charge is 0.362 e. The second-order valence-corrected chi connectivity index (χ2v) is 6.70. The molecule has 2 aromatic heterocycles. The van der Waals surface area contributed by atoms with Gasteiger partial charge in [0.1, 0.15) is 17.5 Å². The van der Waals surface area contributed by atoms with E-state index in [9.17, 15) is 0 Å². The predicted octanol–water partition coefficient (Wildman–Crippen LogP) is 2.89. The number of hydrazine groups is 1. The van der Waals surface area contributed by atoms with Crippen LogP contribution in [0.5, 0.6) is 0 Å². The van der Waals surface area contributed by atoms with Crippen LogP contribution in [0.15, 0.2) is 6.07 Å². The summed E-state index contributed by atoms with van der Waals surface area (Å²) in [5.41, 5.74) is 3.69. The van der Waals surface area contributed by atoms with E-state index in [0.717, 1.165) is 35.2 Å². The first-order valence-electron chi connectivity index (χ1n) is 7.13. The number of hydrogen-bond acceptors (Lipinski definition) is 7. The maximum Gasteiger partial charge on any atom is 0.145 e. The van der Waals surface area contributed by atoms with Gasteiger partial charge in [0.15, 0.2) is 0 Å². The maximum absolute atomic E-state index is 5.50. The number of nitrogens with zero attached hydrogens (tertiary/aromatic N) is 3. The second kappa shape index (κ2) is 5.57. The Balaban J connectivity index is 1.83. The highest BCUT2D eigenvalue weighted by molar-refractivity contribution is 7.11. The first kappa shape index (κ1) is 14.2. The third-order valence-electron chi connectivity index (χ3n) is 3.53. The molecule has 0 spiro atoms. The van der Waals surface area contributed by atoms with E-state index in [-0.39, 0.29) is 6.04 Å². The summed E-state index contributed by atoms with van der Waals surface area (Å²) in [6, 6.07) is 2.00. The topological polar surface area (TPSA) is 88.8 Å². The number of aromatic nitrogens is 3. The maximum atomic E-state index is 5.50. The Kier molecular flexibility index (Phi) is 3.77. The minimum Gasteiger partial charge on any atom is -0.362 e. The molecule has 0 bridgehead atoms. The number of nitrogens with one attached hydrogen (secondary N) is 2. The summed E-state index contributed by atoms with van der Waals surface area (Å²) in [5, 5.41) is 4.52. The van der Waals surface area contributed by atoms with Gasteiger partial charge in [-0.1, -0.05) is 0 Å². The molecule has 4 N–H and O–H groups in total. The van der Waals surface area contributed by atoms with Crippen molar-refractivity contribution in [2.45, 2.75) is 45.6 Å². The fourth-order valence-electron chi connectivity index (χ4n) is 2.37. The van der Waals surface area contributed by atoms with Crippen molar-refractivity contribution in [2.75, 3.05) is 10.7 Å². The van der Waals surface area contributed by atoms with E-state index in [1.54, 1.807) is 11.3 Å². The number of hydrogen-bond donors (Lipinski definition) is 3. The van der Waals surface area contributed by atoms with Gasteiger partial charge >= 0.3 is 0 Å². The highest BCUT2D eigenvalue weighted by Crippen LogP contribution is 2.39. The third kappa shape index (κ3) is 3.14. The molecule has 0 saturated heterocycles. The number of nitrogens with two attached hydrogens (primary N) is 1. The van der Waals surface area contributed by atoms with E-state index in [1.807, 2.05) is 19.9 Å². The van der Waals surface area contributed by atoms with Gasteiger partial charge in [-0.15, -0.1) is 11.3 Å². The van der Waals surface area contributed by atoms with Crippen molar-refractivity contribution in [3.8, 4) is 0 Å².